The lowest BCUT2D eigenvalue weighted by Gasteiger charge is -2.23. The van der Waals surface area contributed by atoms with Crippen LogP contribution in [0.3, 0.4) is 0 Å². The predicted molar refractivity (Wildman–Crippen MR) is 78.3 cm³/mol. The first-order chi connectivity index (χ1) is 9.89. The molecule has 0 saturated carbocycles. The Kier molecular flexibility index (Phi) is 4.79. The van der Waals surface area contributed by atoms with E-state index >= 15 is 0 Å². The van der Waals surface area contributed by atoms with Gasteiger partial charge in [0.15, 0.2) is 9.84 Å². The molecular formula is C13H18N2O5S. The average Bonchev–Trinajstić information content (AvgIpc) is 2.44. The van der Waals surface area contributed by atoms with Crippen molar-refractivity contribution in [2.45, 2.75) is 30.3 Å². The Hall–Kier alpha value is -1.67. The first kappa shape index (κ1) is 15.7. The van der Waals surface area contributed by atoms with Crippen molar-refractivity contribution in [3.63, 3.8) is 0 Å². The van der Waals surface area contributed by atoms with E-state index in [2.05, 4.69) is 5.32 Å². The molecule has 2 rings (SSSR count). The monoisotopic (exact) mass is 314 g/mol. The largest absolute Gasteiger partial charge is 0.377 e. The van der Waals surface area contributed by atoms with Crippen LogP contribution in [0.1, 0.15) is 19.3 Å². The predicted octanol–water partition coefficient (Wildman–Crippen LogP) is 1.98. The van der Waals surface area contributed by atoms with Crippen LogP contribution in [0.2, 0.25) is 0 Å². The van der Waals surface area contributed by atoms with Crippen LogP contribution in [0.15, 0.2) is 23.1 Å². The Bertz CT molecular complexity index is 623. The topological polar surface area (TPSA) is 98.5 Å². The zero-order chi connectivity index (χ0) is 15.5. The molecule has 0 spiro atoms. The summed E-state index contributed by atoms with van der Waals surface area (Å²) in [6.45, 7) is 1.12. The van der Waals surface area contributed by atoms with Gasteiger partial charge >= 0.3 is 5.69 Å². The molecule has 1 fully saturated rings. The molecule has 1 heterocycles. The molecule has 1 unspecified atom stereocenters. The summed E-state index contributed by atoms with van der Waals surface area (Å²) in [6, 6.07) is 4.25. The normalized spacial score (nSPS) is 19.2. The summed E-state index contributed by atoms with van der Waals surface area (Å²) in [6.07, 6.45) is 3.95. The second-order valence-corrected chi connectivity index (χ2v) is 7.04. The van der Waals surface area contributed by atoms with Crippen LogP contribution >= 0.6 is 0 Å². The summed E-state index contributed by atoms with van der Waals surface area (Å²) < 4.78 is 28.9. The highest BCUT2D eigenvalue weighted by Crippen LogP contribution is 2.32. The SMILES string of the molecule is CS(=O)(=O)c1cccc(NCC2CCCCO2)c1[N+](=O)[O-]. The standard InChI is InChI=1S/C13H18N2O5S/c1-21(18,19)12-7-4-6-11(13(12)15(16)17)14-9-10-5-2-3-8-20-10/h4,6-7,10,14H,2-3,5,8-9H2,1H3. The molecule has 1 N–H and O–H groups in total. The van der Waals surface area contributed by atoms with Gasteiger partial charge < -0.3 is 10.1 Å². The number of benzene rings is 1. The van der Waals surface area contributed by atoms with E-state index in [1.165, 1.54) is 18.2 Å². The molecule has 0 radical (unpaired) electrons. The number of sulfone groups is 1. The van der Waals surface area contributed by atoms with E-state index in [-0.39, 0.29) is 16.7 Å². The number of nitro benzene ring substituents is 1. The Morgan fingerprint density at radius 2 is 2.19 bits per heavy atom. The van der Waals surface area contributed by atoms with Crippen molar-refractivity contribution in [1.29, 1.82) is 0 Å². The summed E-state index contributed by atoms with van der Waals surface area (Å²) in [5, 5.41) is 14.2. The van der Waals surface area contributed by atoms with Gasteiger partial charge in [-0.05, 0) is 31.4 Å². The third kappa shape index (κ3) is 3.92. The van der Waals surface area contributed by atoms with Crippen molar-refractivity contribution in [2.24, 2.45) is 0 Å². The van der Waals surface area contributed by atoms with Crippen molar-refractivity contribution in [3.05, 3.63) is 28.3 Å². The zero-order valence-corrected chi connectivity index (χ0v) is 12.6. The number of nitrogens with zero attached hydrogens (tertiary/aromatic N) is 1. The molecule has 1 aliphatic rings. The minimum absolute atomic E-state index is 0.000226. The quantitative estimate of drug-likeness (QED) is 0.659. The van der Waals surface area contributed by atoms with E-state index in [9.17, 15) is 18.5 Å². The summed E-state index contributed by atoms with van der Waals surface area (Å²) >= 11 is 0. The molecule has 0 bridgehead atoms. The van der Waals surface area contributed by atoms with Crippen molar-refractivity contribution in [2.75, 3.05) is 24.7 Å². The minimum Gasteiger partial charge on any atom is -0.377 e. The summed E-state index contributed by atoms with van der Waals surface area (Å²) in [5.74, 6) is 0. The highest BCUT2D eigenvalue weighted by atomic mass is 32.2. The lowest BCUT2D eigenvalue weighted by molar-refractivity contribution is -0.386. The molecular weight excluding hydrogens is 296 g/mol. The van der Waals surface area contributed by atoms with Gasteiger partial charge in [-0.2, -0.15) is 0 Å². The Balaban J connectivity index is 2.24. The lowest BCUT2D eigenvalue weighted by atomic mass is 10.1. The smallest absolute Gasteiger partial charge is 0.310 e. The molecule has 1 aromatic carbocycles. The minimum atomic E-state index is -3.66. The molecule has 1 aliphatic heterocycles. The van der Waals surface area contributed by atoms with Gasteiger partial charge in [0.2, 0.25) is 0 Å². The molecule has 0 aliphatic carbocycles. The Labute approximate surface area is 123 Å². The summed E-state index contributed by atoms with van der Waals surface area (Å²) in [4.78, 5) is 10.3. The molecule has 116 valence electrons. The van der Waals surface area contributed by atoms with Gasteiger partial charge in [-0.3, -0.25) is 10.1 Å². The van der Waals surface area contributed by atoms with Gasteiger partial charge in [0.1, 0.15) is 10.6 Å². The van der Waals surface area contributed by atoms with E-state index in [1.54, 1.807) is 0 Å². The number of para-hydroxylation sites is 1. The lowest BCUT2D eigenvalue weighted by Crippen LogP contribution is -2.27. The number of ether oxygens (including phenoxy) is 1. The molecule has 1 aromatic rings. The molecule has 7 nitrogen and oxygen atoms in total. The van der Waals surface area contributed by atoms with Crippen molar-refractivity contribution in [1.82, 2.24) is 0 Å². The van der Waals surface area contributed by atoms with Crippen LogP contribution in [-0.4, -0.2) is 38.9 Å². The Morgan fingerprint density at radius 1 is 1.43 bits per heavy atom. The van der Waals surface area contributed by atoms with Crippen molar-refractivity contribution in [3.8, 4) is 0 Å². The Morgan fingerprint density at radius 3 is 2.76 bits per heavy atom. The number of nitrogens with one attached hydrogen (secondary N) is 1. The van der Waals surface area contributed by atoms with Crippen LogP contribution in [0.25, 0.3) is 0 Å². The van der Waals surface area contributed by atoms with E-state index in [0.29, 0.717) is 13.2 Å². The fourth-order valence-electron chi connectivity index (χ4n) is 2.34. The van der Waals surface area contributed by atoms with Gasteiger partial charge in [-0.15, -0.1) is 0 Å². The van der Waals surface area contributed by atoms with Gasteiger partial charge in [0, 0.05) is 19.4 Å². The van der Waals surface area contributed by atoms with Gasteiger partial charge in [-0.25, -0.2) is 8.42 Å². The fraction of sp³-hybridized carbons (Fsp3) is 0.538. The first-order valence-corrected chi connectivity index (χ1v) is 8.61. The third-order valence-electron chi connectivity index (χ3n) is 3.38. The zero-order valence-electron chi connectivity index (χ0n) is 11.7. The van der Waals surface area contributed by atoms with Crippen LogP contribution in [0, 0.1) is 10.1 Å². The number of anilines is 1. The maximum atomic E-state index is 11.7. The van der Waals surface area contributed by atoms with E-state index < -0.39 is 20.4 Å². The number of hydrogen-bond donors (Lipinski definition) is 1. The second-order valence-electron chi connectivity index (χ2n) is 5.05. The van der Waals surface area contributed by atoms with Crippen LogP contribution in [0.5, 0.6) is 0 Å². The maximum Gasteiger partial charge on any atom is 0.310 e. The van der Waals surface area contributed by atoms with E-state index in [1.807, 2.05) is 0 Å². The van der Waals surface area contributed by atoms with Crippen LogP contribution < -0.4 is 5.32 Å². The summed E-state index contributed by atoms with van der Waals surface area (Å²) in [7, 11) is -3.66. The van der Waals surface area contributed by atoms with E-state index in [4.69, 9.17) is 4.74 Å². The molecule has 0 aromatic heterocycles. The van der Waals surface area contributed by atoms with Gasteiger partial charge in [0.05, 0.1) is 11.0 Å². The highest BCUT2D eigenvalue weighted by molar-refractivity contribution is 7.90. The first-order valence-electron chi connectivity index (χ1n) is 6.72. The summed E-state index contributed by atoms with van der Waals surface area (Å²) in [5.41, 5.74) is -0.201. The fourth-order valence-corrected chi connectivity index (χ4v) is 3.21. The molecule has 21 heavy (non-hydrogen) atoms. The van der Waals surface area contributed by atoms with Crippen LogP contribution in [-0.2, 0) is 14.6 Å². The van der Waals surface area contributed by atoms with Gasteiger partial charge in [-0.1, -0.05) is 6.07 Å². The molecule has 0 amide bonds. The average molecular weight is 314 g/mol. The number of hydrogen-bond acceptors (Lipinski definition) is 6. The third-order valence-corrected chi connectivity index (χ3v) is 4.50. The maximum absolute atomic E-state index is 11.7. The second kappa shape index (κ2) is 6.40. The number of rotatable bonds is 5. The van der Waals surface area contributed by atoms with E-state index in [0.717, 1.165) is 25.5 Å². The highest BCUT2D eigenvalue weighted by Gasteiger charge is 2.26. The molecule has 1 atom stereocenters. The van der Waals surface area contributed by atoms with Crippen molar-refractivity contribution >= 4 is 21.2 Å². The molecule has 1 saturated heterocycles. The number of nitro groups is 1. The molecule has 8 heteroatoms. The van der Waals surface area contributed by atoms with Crippen molar-refractivity contribution < 1.29 is 18.1 Å². The van der Waals surface area contributed by atoms with Crippen LogP contribution in [0.4, 0.5) is 11.4 Å². The van der Waals surface area contributed by atoms with Gasteiger partial charge in [0.25, 0.3) is 0 Å².